The Morgan fingerprint density at radius 3 is 2.67 bits per heavy atom. The van der Waals surface area contributed by atoms with Crippen LogP contribution in [0.5, 0.6) is 5.75 Å². The van der Waals surface area contributed by atoms with Gasteiger partial charge in [0.15, 0.2) is 0 Å². The van der Waals surface area contributed by atoms with E-state index in [1.54, 1.807) is 30.0 Å². The predicted molar refractivity (Wildman–Crippen MR) is 79.6 cm³/mol. The third kappa shape index (κ3) is 2.46. The van der Waals surface area contributed by atoms with Gasteiger partial charge in [0.25, 0.3) is 5.91 Å². The maximum absolute atomic E-state index is 12.7. The van der Waals surface area contributed by atoms with Crippen molar-refractivity contribution in [2.75, 3.05) is 12.0 Å². The fourth-order valence-corrected chi connectivity index (χ4v) is 2.89. The molecule has 6 heteroatoms. The molecule has 1 aromatic carbocycles. The zero-order valence-corrected chi connectivity index (χ0v) is 12.7. The smallest absolute Gasteiger partial charge is 0.250 e. The number of halogens is 1. The number of benzene rings is 1. The Kier molecular flexibility index (Phi) is 3.53. The van der Waals surface area contributed by atoms with E-state index in [4.69, 9.17) is 16.3 Å². The van der Waals surface area contributed by atoms with E-state index in [2.05, 4.69) is 5.32 Å². The highest BCUT2D eigenvalue weighted by molar-refractivity contribution is 6.32. The number of rotatable bonds is 3. The largest absolute Gasteiger partial charge is 0.495 e. The van der Waals surface area contributed by atoms with Gasteiger partial charge in [0.2, 0.25) is 5.91 Å². The first-order valence-electron chi connectivity index (χ1n) is 7.00. The van der Waals surface area contributed by atoms with Gasteiger partial charge in [-0.1, -0.05) is 11.6 Å². The van der Waals surface area contributed by atoms with Crippen molar-refractivity contribution in [3.8, 4) is 5.75 Å². The molecule has 2 aliphatic rings. The average molecular weight is 309 g/mol. The number of piperazine rings is 1. The fourth-order valence-electron chi connectivity index (χ4n) is 2.69. The molecule has 3 rings (SSSR count). The SMILES string of the molecule is COc1cc(N2C(=O)C(C3CC3)NC(=O)C2C)ccc1Cl. The maximum Gasteiger partial charge on any atom is 0.250 e. The highest BCUT2D eigenvalue weighted by Crippen LogP contribution is 2.37. The van der Waals surface area contributed by atoms with E-state index in [-0.39, 0.29) is 17.7 Å². The van der Waals surface area contributed by atoms with Crippen molar-refractivity contribution in [1.29, 1.82) is 0 Å². The normalized spacial score (nSPS) is 25.8. The van der Waals surface area contributed by atoms with Crippen LogP contribution >= 0.6 is 11.6 Å². The first kappa shape index (κ1) is 14.2. The van der Waals surface area contributed by atoms with E-state index in [9.17, 15) is 9.59 Å². The van der Waals surface area contributed by atoms with Crippen molar-refractivity contribution in [3.05, 3.63) is 23.2 Å². The zero-order chi connectivity index (χ0) is 15.1. The van der Waals surface area contributed by atoms with Crippen molar-refractivity contribution in [2.45, 2.75) is 31.8 Å². The summed E-state index contributed by atoms with van der Waals surface area (Å²) in [5.41, 5.74) is 0.634. The van der Waals surface area contributed by atoms with Crippen molar-refractivity contribution in [3.63, 3.8) is 0 Å². The molecular formula is C15H17ClN2O3. The lowest BCUT2D eigenvalue weighted by Gasteiger charge is -2.37. The van der Waals surface area contributed by atoms with Gasteiger partial charge in [-0.2, -0.15) is 0 Å². The summed E-state index contributed by atoms with van der Waals surface area (Å²) in [6.07, 6.45) is 1.98. The van der Waals surface area contributed by atoms with Crippen molar-refractivity contribution in [2.24, 2.45) is 5.92 Å². The Morgan fingerprint density at radius 1 is 1.33 bits per heavy atom. The van der Waals surface area contributed by atoms with Crippen LogP contribution in [0.4, 0.5) is 5.69 Å². The molecule has 0 spiro atoms. The van der Waals surface area contributed by atoms with E-state index in [1.807, 2.05) is 0 Å². The van der Waals surface area contributed by atoms with Crippen molar-refractivity contribution < 1.29 is 14.3 Å². The molecule has 1 N–H and O–H groups in total. The lowest BCUT2D eigenvalue weighted by Crippen LogP contribution is -2.63. The van der Waals surface area contributed by atoms with E-state index in [0.717, 1.165) is 12.8 Å². The van der Waals surface area contributed by atoms with Crippen LogP contribution in [0.3, 0.4) is 0 Å². The highest BCUT2D eigenvalue weighted by Gasteiger charge is 2.46. The van der Waals surface area contributed by atoms with Crippen LogP contribution in [-0.2, 0) is 9.59 Å². The van der Waals surface area contributed by atoms with Crippen molar-refractivity contribution >= 4 is 29.1 Å². The minimum absolute atomic E-state index is 0.0611. The molecule has 2 fully saturated rings. The van der Waals surface area contributed by atoms with Gasteiger partial charge in [-0.25, -0.2) is 0 Å². The minimum Gasteiger partial charge on any atom is -0.495 e. The number of carbonyl (C=O) groups excluding carboxylic acids is 2. The van der Waals surface area contributed by atoms with Gasteiger partial charge in [0, 0.05) is 11.8 Å². The van der Waals surface area contributed by atoms with Gasteiger partial charge < -0.3 is 10.1 Å². The van der Waals surface area contributed by atoms with Crippen LogP contribution in [0.1, 0.15) is 19.8 Å². The average Bonchev–Trinajstić information content (AvgIpc) is 3.29. The van der Waals surface area contributed by atoms with Crippen LogP contribution in [0, 0.1) is 5.92 Å². The third-order valence-corrected chi connectivity index (χ3v) is 4.39. The number of methoxy groups -OCH3 is 1. The molecule has 1 saturated heterocycles. The third-order valence-electron chi connectivity index (χ3n) is 4.07. The fraction of sp³-hybridized carbons (Fsp3) is 0.467. The Morgan fingerprint density at radius 2 is 2.05 bits per heavy atom. The monoisotopic (exact) mass is 308 g/mol. The van der Waals surface area contributed by atoms with Gasteiger partial charge in [-0.3, -0.25) is 14.5 Å². The first-order valence-corrected chi connectivity index (χ1v) is 7.37. The number of hydrogen-bond acceptors (Lipinski definition) is 3. The van der Waals surface area contributed by atoms with Crippen LogP contribution in [0.25, 0.3) is 0 Å². The first-order chi connectivity index (χ1) is 10.0. The summed E-state index contributed by atoms with van der Waals surface area (Å²) < 4.78 is 5.19. The molecule has 0 aromatic heterocycles. The number of nitrogens with one attached hydrogen (secondary N) is 1. The Balaban J connectivity index is 1.97. The summed E-state index contributed by atoms with van der Waals surface area (Å²) >= 11 is 6.02. The summed E-state index contributed by atoms with van der Waals surface area (Å²) in [6, 6.07) is 4.16. The van der Waals surface area contributed by atoms with Gasteiger partial charge in [0.05, 0.1) is 12.1 Å². The molecule has 1 aliphatic heterocycles. The summed E-state index contributed by atoms with van der Waals surface area (Å²) in [5, 5.41) is 3.30. The molecule has 1 heterocycles. The Bertz CT molecular complexity index is 601. The van der Waals surface area contributed by atoms with Gasteiger partial charge in [0.1, 0.15) is 17.8 Å². The Labute approximate surface area is 128 Å². The molecule has 112 valence electrons. The van der Waals surface area contributed by atoms with Crippen LogP contribution in [0.15, 0.2) is 18.2 Å². The highest BCUT2D eigenvalue weighted by atomic mass is 35.5. The molecule has 0 radical (unpaired) electrons. The molecule has 1 aromatic rings. The van der Waals surface area contributed by atoms with Crippen LogP contribution < -0.4 is 15.0 Å². The quantitative estimate of drug-likeness (QED) is 0.929. The molecule has 0 bridgehead atoms. The second-order valence-electron chi connectivity index (χ2n) is 5.53. The van der Waals surface area contributed by atoms with Gasteiger partial charge >= 0.3 is 0 Å². The van der Waals surface area contributed by atoms with Gasteiger partial charge in [-0.05, 0) is 37.8 Å². The molecular weight excluding hydrogens is 292 g/mol. The zero-order valence-electron chi connectivity index (χ0n) is 11.9. The Hall–Kier alpha value is -1.75. The summed E-state index contributed by atoms with van der Waals surface area (Å²) in [5.74, 6) is 0.572. The number of ether oxygens (including phenoxy) is 1. The maximum atomic E-state index is 12.7. The van der Waals surface area contributed by atoms with E-state index in [0.29, 0.717) is 16.5 Å². The van der Waals surface area contributed by atoms with E-state index < -0.39 is 12.1 Å². The standard InChI is InChI=1S/C15H17ClN2O3/c1-8-14(19)17-13(9-3-4-9)15(20)18(8)10-5-6-11(16)12(7-10)21-2/h5-9,13H,3-4H2,1-2H3,(H,17,19). The molecule has 1 aliphatic carbocycles. The summed E-state index contributed by atoms with van der Waals surface area (Å²) in [4.78, 5) is 26.4. The van der Waals surface area contributed by atoms with Crippen molar-refractivity contribution in [1.82, 2.24) is 5.32 Å². The molecule has 5 nitrogen and oxygen atoms in total. The number of nitrogens with zero attached hydrogens (tertiary/aromatic N) is 1. The number of carbonyl (C=O) groups is 2. The van der Waals surface area contributed by atoms with Gasteiger partial charge in [-0.15, -0.1) is 0 Å². The second-order valence-corrected chi connectivity index (χ2v) is 5.93. The molecule has 2 unspecified atom stereocenters. The molecule has 1 saturated carbocycles. The number of amides is 2. The predicted octanol–water partition coefficient (Wildman–Crippen LogP) is 1.98. The van der Waals surface area contributed by atoms with E-state index in [1.165, 1.54) is 7.11 Å². The number of hydrogen-bond donors (Lipinski definition) is 1. The van der Waals surface area contributed by atoms with Crippen LogP contribution in [-0.4, -0.2) is 31.0 Å². The summed E-state index contributed by atoms with van der Waals surface area (Å²) in [6.45, 7) is 1.72. The second kappa shape index (κ2) is 5.22. The lowest BCUT2D eigenvalue weighted by atomic mass is 10.0. The van der Waals surface area contributed by atoms with E-state index >= 15 is 0 Å². The van der Waals surface area contributed by atoms with Crippen LogP contribution in [0.2, 0.25) is 5.02 Å². The minimum atomic E-state index is -0.543. The molecule has 2 atom stereocenters. The topological polar surface area (TPSA) is 58.6 Å². The summed E-state index contributed by atoms with van der Waals surface area (Å²) in [7, 11) is 1.52. The lowest BCUT2D eigenvalue weighted by molar-refractivity contribution is -0.133. The number of anilines is 1. The molecule has 2 amide bonds. The molecule has 21 heavy (non-hydrogen) atoms.